The monoisotopic (exact) mass is 244 g/mol. The van der Waals surface area contributed by atoms with Crippen LogP contribution in [0.1, 0.15) is 36.3 Å². The van der Waals surface area contributed by atoms with Crippen molar-refractivity contribution in [2.24, 2.45) is 5.92 Å². The average Bonchev–Trinajstić information content (AvgIpc) is 2.71. The van der Waals surface area contributed by atoms with Crippen molar-refractivity contribution in [3.05, 3.63) is 35.5 Å². The molecule has 2 rings (SSSR count). The summed E-state index contributed by atoms with van der Waals surface area (Å²) in [7, 11) is 0. The maximum absolute atomic E-state index is 11.9. The summed E-state index contributed by atoms with van der Waals surface area (Å²) in [6, 6.07) is 8.04. The number of carbonyl (C=O) groups is 1. The molecule has 0 saturated heterocycles. The van der Waals surface area contributed by atoms with Crippen LogP contribution in [0.5, 0.6) is 0 Å². The summed E-state index contributed by atoms with van der Waals surface area (Å²) >= 11 is 0. The largest absolute Gasteiger partial charge is 0.351 e. The molecule has 0 radical (unpaired) electrons. The van der Waals surface area contributed by atoms with Gasteiger partial charge in [0.2, 0.25) is 0 Å². The van der Waals surface area contributed by atoms with E-state index in [0.29, 0.717) is 11.6 Å². The topological polar surface area (TPSA) is 44.9 Å². The summed E-state index contributed by atoms with van der Waals surface area (Å²) < 4.78 is 0. The second-order valence-corrected chi connectivity index (χ2v) is 5.21. The second-order valence-electron chi connectivity index (χ2n) is 5.21. The van der Waals surface area contributed by atoms with Crippen LogP contribution in [-0.2, 0) is 0 Å². The molecule has 0 atom stereocenters. The van der Waals surface area contributed by atoms with Crippen LogP contribution in [0.15, 0.2) is 24.3 Å². The minimum atomic E-state index is -0.0236. The van der Waals surface area contributed by atoms with E-state index in [1.165, 1.54) is 5.56 Å². The Bertz CT molecular complexity index is 555. The van der Waals surface area contributed by atoms with Gasteiger partial charge in [0.25, 0.3) is 5.91 Å². The maximum Gasteiger partial charge on any atom is 0.267 e. The van der Waals surface area contributed by atoms with E-state index in [4.69, 9.17) is 0 Å². The molecule has 0 bridgehead atoms. The Hall–Kier alpha value is -1.77. The predicted octanol–water partition coefficient (Wildman–Crippen LogP) is 3.25. The Labute approximate surface area is 108 Å². The zero-order chi connectivity index (χ0) is 13.1. The maximum atomic E-state index is 11.9. The van der Waals surface area contributed by atoms with Crippen molar-refractivity contribution >= 4 is 16.8 Å². The van der Waals surface area contributed by atoms with E-state index in [-0.39, 0.29) is 5.91 Å². The van der Waals surface area contributed by atoms with Gasteiger partial charge in [-0.1, -0.05) is 25.5 Å². The van der Waals surface area contributed by atoms with Gasteiger partial charge in [-0.2, -0.15) is 0 Å². The molecule has 0 fully saturated rings. The molecule has 0 aliphatic heterocycles. The Morgan fingerprint density at radius 3 is 2.83 bits per heavy atom. The minimum absolute atomic E-state index is 0.0236. The van der Waals surface area contributed by atoms with Gasteiger partial charge in [0.15, 0.2) is 0 Å². The van der Waals surface area contributed by atoms with Gasteiger partial charge in [-0.25, -0.2) is 0 Å². The lowest BCUT2D eigenvalue weighted by Gasteiger charge is -2.05. The Kier molecular flexibility index (Phi) is 3.70. The van der Waals surface area contributed by atoms with Gasteiger partial charge in [-0.15, -0.1) is 0 Å². The zero-order valence-electron chi connectivity index (χ0n) is 11.2. The quantitative estimate of drug-likeness (QED) is 0.852. The molecule has 0 unspecified atom stereocenters. The first kappa shape index (κ1) is 12.7. The third-order valence-corrected chi connectivity index (χ3v) is 3.03. The van der Waals surface area contributed by atoms with Gasteiger partial charge in [-0.05, 0) is 37.5 Å². The molecule has 0 aliphatic rings. The van der Waals surface area contributed by atoms with Crippen LogP contribution in [0.3, 0.4) is 0 Å². The van der Waals surface area contributed by atoms with E-state index < -0.39 is 0 Å². The summed E-state index contributed by atoms with van der Waals surface area (Å²) in [5.41, 5.74) is 2.85. The average molecular weight is 244 g/mol. The van der Waals surface area contributed by atoms with Crippen LogP contribution in [0.4, 0.5) is 0 Å². The third-order valence-electron chi connectivity index (χ3n) is 3.03. The normalized spacial score (nSPS) is 11.1. The molecule has 18 heavy (non-hydrogen) atoms. The van der Waals surface area contributed by atoms with Crippen LogP contribution >= 0.6 is 0 Å². The Morgan fingerprint density at radius 1 is 1.33 bits per heavy atom. The highest BCUT2D eigenvalue weighted by Gasteiger charge is 2.09. The second kappa shape index (κ2) is 5.25. The number of nitrogens with one attached hydrogen (secondary N) is 2. The standard InChI is InChI=1S/C15H20N2O/c1-10(2)6-7-16-15(18)14-9-12-8-11(3)4-5-13(12)17-14/h4-5,8-10,17H,6-7H2,1-3H3,(H,16,18). The summed E-state index contributed by atoms with van der Waals surface area (Å²) in [5, 5.41) is 4.02. The third kappa shape index (κ3) is 2.92. The van der Waals surface area contributed by atoms with Crippen LogP contribution in [0.2, 0.25) is 0 Å². The number of hydrogen-bond donors (Lipinski definition) is 2. The van der Waals surface area contributed by atoms with Crippen molar-refractivity contribution in [3.8, 4) is 0 Å². The first-order valence-electron chi connectivity index (χ1n) is 6.44. The van der Waals surface area contributed by atoms with Crippen molar-refractivity contribution < 1.29 is 4.79 Å². The zero-order valence-corrected chi connectivity index (χ0v) is 11.2. The number of hydrogen-bond acceptors (Lipinski definition) is 1. The molecule has 1 aromatic heterocycles. The summed E-state index contributed by atoms with van der Waals surface area (Å²) in [6.45, 7) is 7.08. The molecule has 1 aromatic carbocycles. The van der Waals surface area contributed by atoms with E-state index in [1.54, 1.807) is 0 Å². The number of benzene rings is 1. The van der Waals surface area contributed by atoms with Crippen LogP contribution < -0.4 is 5.32 Å². The van der Waals surface area contributed by atoms with Crippen LogP contribution in [0.25, 0.3) is 10.9 Å². The molecule has 0 spiro atoms. The number of amides is 1. The molecule has 96 valence electrons. The molecule has 2 aromatic rings. The van der Waals surface area contributed by atoms with Crippen molar-refractivity contribution in [1.82, 2.24) is 10.3 Å². The molecule has 0 aliphatic carbocycles. The number of carbonyl (C=O) groups excluding carboxylic acids is 1. The first-order chi connectivity index (χ1) is 8.56. The highest BCUT2D eigenvalue weighted by atomic mass is 16.1. The van der Waals surface area contributed by atoms with Gasteiger partial charge in [-0.3, -0.25) is 4.79 Å². The predicted molar refractivity (Wildman–Crippen MR) is 74.8 cm³/mol. The van der Waals surface area contributed by atoms with Gasteiger partial charge >= 0.3 is 0 Å². The summed E-state index contributed by atoms with van der Waals surface area (Å²) in [5.74, 6) is 0.583. The molecule has 0 saturated carbocycles. The number of aromatic nitrogens is 1. The smallest absolute Gasteiger partial charge is 0.267 e. The molecule has 3 heteroatoms. The number of aryl methyl sites for hydroxylation is 1. The van der Waals surface area contributed by atoms with E-state index >= 15 is 0 Å². The minimum Gasteiger partial charge on any atom is -0.351 e. The van der Waals surface area contributed by atoms with Crippen molar-refractivity contribution in [3.63, 3.8) is 0 Å². The van der Waals surface area contributed by atoms with Crippen molar-refractivity contribution in [1.29, 1.82) is 0 Å². The Balaban J connectivity index is 2.08. The van der Waals surface area contributed by atoms with Crippen molar-refractivity contribution in [2.45, 2.75) is 27.2 Å². The number of fused-ring (bicyclic) bond motifs is 1. The molecule has 2 N–H and O–H groups in total. The van der Waals surface area contributed by atoms with Crippen molar-refractivity contribution in [2.75, 3.05) is 6.54 Å². The lowest BCUT2D eigenvalue weighted by atomic mass is 10.1. The molecule has 1 heterocycles. The Morgan fingerprint density at radius 2 is 2.11 bits per heavy atom. The van der Waals surface area contributed by atoms with E-state index in [0.717, 1.165) is 23.9 Å². The fourth-order valence-electron chi connectivity index (χ4n) is 1.94. The van der Waals surface area contributed by atoms with Gasteiger partial charge < -0.3 is 10.3 Å². The van der Waals surface area contributed by atoms with Gasteiger partial charge in [0.1, 0.15) is 5.69 Å². The van der Waals surface area contributed by atoms with Crippen LogP contribution in [-0.4, -0.2) is 17.4 Å². The first-order valence-corrected chi connectivity index (χ1v) is 6.44. The number of rotatable bonds is 4. The highest BCUT2D eigenvalue weighted by Crippen LogP contribution is 2.16. The molecular formula is C15H20N2O. The lowest BCUT2D eigenvalue weighted by molar-refractivity contribution is 0.0948. The summed E-state index contributed by atoms with van der Waals surface area (Å²) in [4.78, 5) is 15.1. The number of H-pyrrole nitrogens is 1. The van der Waals surface area contributed by atoms with E-state index in [2.05, 4.69) is 37.1 Å². The fourth-order valence-corrected chi connectivity index (χ4v) is 1.94. The van der Waals surface area contributed by atoms with Crippen LogP contribution in [0, 0.1) is 12.8 Å². The van der Waals surface area contributed by atoms with E-state index in [1.807, 2.05) is 18.2 Å². The fraction of sp³-hybridized carbons (Fsp3) is 0.400. The SMILES string of the molecule is Cc1ccc2[nH]c(C(=O)NCCC(C)C)cc2c1. The molecule has 1 amide bonds. The lowest BCUT2D eigenvalue weighted by Crippen LogP contribution is -2.25. The summed E-state index contributed by atoms with van der Waals surface area (Å²) in [6.07, 6.45) is 1.01. The van der Waals surface area contributed by atoms with Gasteiger partial charge in [0.05, 0.1) is 0 Å². The molecule has 3 nitrogen and oxygen atoms in total. The molecular weight excluding hydrogens is 224 g/mol. The van der Waals surface area contributed by atoms with Gasteiger partial charge in [0, 0.05) is 17.4 Å². The highest BCUT2D eigenvalue weighted by molar-refractivity contribution is 5.98. The number of aromatic amines is 1. The van der Waals surface area contributed by atoms with E-state index in [9.17, 15) is 4.79 Å².